The van der Waals surface area contributed by atoms with Gasteiger partial charge in [-0.3, -0.25) is 9.59 Å². The number of carbonyl (C=O) groups is 2. The Morgan fingerprint density at radius 2 is 1.65 bits per heavy atom. The minimum absolute atomic E-state index is 0.0190. The molecule has 1 amide bonds. The van der Waals surface area contributed by atoms with Gasteiger partial charge in [0, 0.05) is 17.4 Å². The summed E-state index contributed by atoms with van der Waals surface area (Å²) < 4.78 is 79.8. The monoisotopic (exact) mass is 1350 g/mol. The van der Waals surface area contributed by atoms with Gasteiger partial charge in [0.2, 0.25) is 5.75 Å². The lowest BCUT2D eigenvalue weighted by atomic mass is 9.90. The summed E-state index contributed by atoms with van der Waals surface area (Å²) in [6.45, 7) is 36.8. The van der Waals surface area contributed by atoms with Crippen molar-refractivity contribution in [3.8, 4) is 52.1 Å². The first-order valence-corrected chi connectivity index (χ1v) is 41.3. The Morgan fingerprint density at radius 1 is 0.989 bits per heavy atom. The molecular weight excluding hydrogens is 1240 g/mol. The van der Waals surface area contributed by atoms with Crippen molar-refractivity contribution < 1.29 is 70.9 Å². The third-order valence-corrected chi connectivity index (χ3v) is 33.6. The van der Waals surface area contributed by atoms with Crippen LogP contribution in [0.25, 0.3) is 10.8 Å². The lowest BCUT2D eigenvalue weighted by Crippen LogP contribution is -2.59. The maximum atomic E-state index is 15.2. The van der Waals surface area contributed by atoms with Crippen molar-refractivity contribution in [3.63, 3.8) is 0 Å². The Kier molecular flexibility index (Phi) is 24.6. The van der Waals surface area contributed by atoms with Gasteiger partial charge < -0.3 is 71.5 Å². The van der Waals surface area contributed by atoms with Crippen molar-refractivity contribution in [3.05, 3.63) is 71.0 Å². The molecule has 5 aliphatic rings. The van der Waals surface area contributed by atoms with Gasteiger partial charge in [0.05, 0.1) is 75.3 Å². The van der Waals surface area contributed by atoms with Gasteiger partial charge in [0.15, 0.2) is 62.3 Å². The number of nitrogens with zero attached hydrogens (tertiary/aromatic N) is 2. The average molecular weight is 1350 g/mol. The average Bonchev–Trinajstić information content (AvgIpc) is 1.55. The Morgan fingerprint density at radius 3 is 2.22 bits per heavy atom. The quantitative estimate of drug-likeness (QED) is 0.0299. The van der Waals surface area contributed by atoms with E-state index in [1.54, 1.807) is 36.4 Å². The largest absolute Gasteiger partial charge is 0.492 e. The molecule has 1 spiro atoms. The third kappa shape index (κ3) is 16.4. The molecule has 0 saturated carbocycles. The second-order valence-electron chi connectivity index (χ2n) is 27.3. The predicted molar refractivity (Wildman–Crippen MR) is 368 cm³/mol. The molecule has 2 fully saturated rings. The van der Waals surface area contributed by atoms with Crippen molar-refractivity contribution in [2.24, 2.45) is 0 Å². The van der Waals surface area contributed by atoms with Crippen molar-refractivity contribution in [1.82, 2.24) is 15.2 Å². The summed E-state index contributed by atoms with van der Waals surface area (Å²) in [5, 5.41) is 17.7. The number of likely N-dealkylation sites (N-methyl/N-ethyl adjacent to an activating group) is 1. The summed E-state index contributed by atoms with van der Waals surface area (Å²) in [5.74, 6) is 9.09. The van der Waals surface area contributed by atoms with Crippen LogP contribution in [0, 0.1) is 23.3 Å². The third-order valence-electron chi connectivity index (χ3n) is 19.4. The normalized spacial score (nSPS) is 26.1. The van der Waals surface area contributed by atoms with Crippen LogP contribution in [0.5, 0.6) is 28.7 Å². The maximum Gasteiger partial charge on any atom is 0.308 e. The molecule has 2 N–H and O–H groups in total. The highest BCUT2D eigenvalue weighted by Gasteiger charge is 2.62. The van der Waals surface area contributed by atoms with E-state index in [4.69, 9.17) is 72.8 Å². The molecule has 92 heavy (non-hydrogen) atoms. The zero-order chi connectivity index (χ0) is 67.9. The first kappa shape index (κ1) is 74.4. The van der Waals surface area contributed by atoms with Crippen LogP contribution in [0.4, 0.5) is 0 Å². The number of aliphatic hydroxyl groups is 1. The number of fused-ring (bicyclic) bond motifs is 10. The highest BCUT2D eigenvalue weighted by Crippen LogP contribution is 2.51. The second kappa shape index (κ2) is 30.4. The van der Waals surface area contributed by atoms with Crippen LogP contribution >= 0.6 is 11.6 Å². The number of pyridine rings is 1. The maximum absolute atomic E-state index is 15.2. The van der Waals surface area contributed by atoms with Crippen LogP contribution in [0.2, 0.25) is 59.5 Å². The molecule has 2 saturated heterocycles. The van der Waals surface area contributed by atoms with Crippen LogP contribution < -0.4 is 29.0 Å². The van der Waals surface area contributed by atoms with E-state index in [0.29, 0.717) is 40.0 Å². The molecule has 2 aromatic carbocycles. The lowest BCUT2D eigenvalue weighted by Gasteiger charge is -2.47. The zero-order valence-corrected chi connectivity index (χ0v) is 62.1. The smallest absolute Gasteiger partial charge is 0.308 e. The summed E-state index contributed by atoms with van der Waals surface area (Å²) in [5.41, 5.74) is 0.852. The molecule has 0 radical (unpaired) electrons. The first-order chi connectivity index (χ1) is 43.3. The van der Waals surface area contributed by atoms with E-state index in [1.807, 2.05) is 54.8 Å². The van der Waals surface area contributed by atoms with Gasteiger partial charge in [-0.05, 0) is 145 Å². The van der Waals surface area contributed by atoms with Crippen LogP contribution in [0.3, 0.4) is 0 Å². The number of aromatic nitrogens is 1. The second-order valence-corrected chi connectivity index (χ2v) is 42.1. The van der Waals surface area contributed by atoms with E-state index >= 15 is 9.59 Å². The molecule has 5 heterocycles. The van der Waals surface area contributed by atoms with Gasteiger partial charge >= 0.3 is 5.97 Å². The van der Waals surface area contributed by atoms with E-state index in [9.17, 15) is 5.11 Å². The van der Waals surface area contributed by atoms with Gasteiger partial charge in [0.1, 0.15) is 45.3 Å². The highest BCUT2D eigenvalue weighted by atomic mass is 35.5. The molecule has 22 heteroatoms. The fourth-order valence-electron chi connectivity index (χ4n) is 12.6. The number of methoxy groups -OCH3 is 2. The standard InChI is InChI=1S/C70H104ClN3O15Si3/c1-22-35-80-54-37-47-38-56(83-45(8)9)63(79-19)62(78-18)49(47)40-50(54)66(76)73-52-41-59(75)81-43-58(86-60-42-55(61(74(16)17)46(10)84-60)87-92(26-5,27-6)28-7)69(77,33-29-36-91(23-2,24-3)25-4)34-32-48-39-57(85-53-31-30-51(52)72-65(53)71)64(88-90(20,21)67(11,12)13)70(48)44-82-68(14,15)89-70/h22,30-31,37-40,45-46,52,55,57-58,60-61,64,77H,1,23-28,33,35,41-44H2,2-21H3,(H,73,76)/t46-,52+,55-,57-,58+,60-,61+,64+,69-,70-/m0/s1. The van der Waals surface area contributed by atoms with Gasteiger partial charge in [-0.2, -0.15) is 0 Å². The number of amides is 1. The number of carbonyl (C=O) groups excluding carboxylic acids is 2. The molecule has 1 aliphatic carbocycles. The van der Waals surface area contributed by atoms with Crippen molar-refractivity contribution in [1.29, 1.82) is 0 Å². The lowest BCUT2D eigenvalue weighted by molar-refractivity contribution is -0.267. The molecule has 10 atom stereocenters. The SMILES string of the molecule is C=CCOc1cc2cc(OC(C)C)c(OC)c(OC)c2cc1C(=O)N[C@@H]1CC(=O)OC[C@@H](O[C@H]2C[C@H](O[Si](CC)(CC)CC)[C@H](N(C)C)[C@H](C)O2)[C@](O)(CC#C[Si](CC)(CC)CC)C#CC2=C[C@H](Oc3ccc1nc3Cl)[C@@H](O[Si](C)(C)C(C)(C)C)[C@]21COC(C)(C)O1. The zero-order valence-electron chi connectivity index (χ0n) is 58.4. The van der Waals surface area contributed by atoms with Crippen molar-refractivity contribution in [2.75, 3.05) is 48.1 Å². The molecule has 18 nitrogen and oxygen atoms in total. The fraction of sp³-hybridized carbons (Fsp3) is 0.643. The molecule has 1 aromatic heterocycles. The first-order valence-electron chi connectivity index (χ1n) is 32.9. The van der Waals surface area contributed by atoms with Crippen LogP contribution in [-0.4, -0.2) is 166 Å². The molecule has 4 bridgehead atoms. The number of ether oxygens (including phenoxy) is 10. The van der Waals surface area contributed by atoms with Gasteiger partial charge in [-0.25, -0.2) is 4.98 Å². The predicted octanol–water partition coefficient (Wildman–Crippen LogP) is 13.3. The molecule has 4 aliphatic heterocycles. The van der Waals surface area contributed by atoms with E-state index in [-0.39, 0.29) is 70.8 Å². The molecule has 508 valence electrons. The Labute approximate surface area is 556 Å². The summed E-state index contributed by atoms with van der Waals surface area (Å²) in [6.07, 6.45) is -2.00. The number of nitrogens with one attached hydrogen (secondary N) is 1. The Hall–Kier alpha value is -4.99. The van der Waals surface area contributed by atoms with Crippen molar-refractivity contribution in [2.45, 2.75) is 243 Å². The van der Waals surface area contributed by atoms with Crippen LogP contribution in [-0.2, 0) is 37.3 Å². The molecule has 0 unspecified atom stereocenters. The number of esters is 1. The van der Waals surface area contributed by atoms with Crippen LogP contribution in [0.1, 0.15) is 138 Å². The molecule has 8 rings (SSSR count). The number of hydrogen-bond acceptors (Lipinski definition) is 17. The topological polar surface area (TPSA) is 193 Å². The van der Waals surface area contributed by atoms with Gasteiger partial charge in [0.25, 0.3) is 5.91 Å². The fourth-order valence-corrected chi connectivity index (χ4v) is 19.5. The minimum Gasteiger partial charge on any atom is -0.492 e. The summed E-state index contributed by atoms with van der Waals surface area (Å²) in [6, 6.07) is 12.6. The Bertz CT molecular complexity index is 3250. The summed E-state index contributed by atoms with van der Waals surface area (Å²) in [4.78, 5) is 37.2. The van der Waals surface area contributed by atoms with E-state index in [2.05, 4.69) is 116 Å². The van der Waals surface area contributed by atoms with Crippen molar-refractivity contribution >= 4 is 59.0 Å². The summed E-state index contributed by atoms with van der Waals surface area (Å²) in [7, 11) is 0.0150. The van der Waals surface area contributed by atoms with Gasteiger partial charge in [-0.1, -0.05) is 98.4 Å². The number of hydrogen-bond donors (Lipinski definition) is 2. The molecule has 3 aromatic rings. The van der Waals surface area contributed by atoms with Crippen LogP contribution in [0.15, 0.2) is 54.6 Å². The number of rotatable bonds is 23. The number of benzene rings is 2. The van der Waals surface area contributed by atoms with E-state index in [0.717, 1.165) is 36.3 Å². The highest BCUT2D eigenvalue weighted by molar-refractivity contribution is 6.87. The summed E-state index contributed by atoms with van der Waals surface area (Å²) >= 11 is 7.23. The molecular formula is C70H104ClN3O15Si3. The number of halogens is 1. The Balaban J connectivity index is 1.44. The van der Waals surface area contributed by atoms with E-state index < -0.39 is 103 Å². The van der Waals surface area contributed by atoms with E-state index in [1.165, 1.54) is 14.2 Å². The van der Waals surface area contributed by atoms with Gasteiger partial charge in [-0.15, -0.1) is 11.5 Å². The minimum atomic E-state index is -2.71.